The predicted molar refractivity (Wildman–Crippen MR) is 88.3 cm³/mol. The van der Waals surface area contributed by atoms with E-state index < -0.39 is 0 Å². The van der Waals surface area contributed by atoms with Gasteiger partial charge in [-0.1, -0.05) is 33.6 Å². The van der Waals surface area contributed by atoms with Gasteiger partial charge in [0.25, 0.3) is 0 Å². The number of hydrogen-bond acceptors (Lipinski definition) is 3. The summed E-state index contributed by atoms with van der Waals surface area (Å²) in [4.78, 5) is 12.9. The second kappa shape index (κ2) is 7.33. The normalized spacial score (nSPS) is 10.4. The number of hydrogen-bond donors (Lipinski definition) is 1. The standard InChI is InChI=1S/C13H11BrClNOS2/c14-9-2-1-3-10(6-9)16-13(17)8-18-7-11-4-5-12(15)19-11/h1-6H,7-8H2,(H,16,17). The summed E-state index contributed by atoms with van der Waals surface area (Å²) < 4.78 is 1.74. The number of carbonyl (C=O) groups excluding carboxylic acids is 1. The van der Waals surface area contributed by atoms with Crippen LogP contribution in [0.15, 0.2) is 40.9 Å². The Balaban J connectivity index is 1.76. The Hall–Kier alpha value is -0.490. The lowest BCUT2D eigenvalue weighted by Crippen LogP contribution is -2.13. The highest BCUT2D eigenvalue weighted by Crippen LogP contribution is 2.25. The predicted octanol–water partition coefficient (Wildman–Crippen LogP) is 5.04. The molecule has 6 heteroatoms. The van der Waals surface area contributed by atoms with Gasteiger partial charge < -0.3 is 5.32 Å². The van der Waals surface area contributed by atoms with Crippen LogP contribution in [-0.2, 0) is 10.5 Å². The van der Waals surface area contributed by atoms with Crippen LogP contribution in [0.1, 0.15) is 4.88 Å². The maximum absolute atomic E-state index is 11.7. The van der Waals surface area contributed by atoms with Gasteiger partial charge in [-0.05, 0) is 30.3 Å². The Kier molecular flexibility index (Phi) is 5.76. The van der Waals surface area contributed by atoms with Crippen LogP contribution in [0.3, 0.4) is 0 Å². The quantitative estimate of drug-likeness (QED) is 0.792. The molecule has 1 heterocycles. The monoisotopic (exact) mass is 375 g/mol. The fraction of sp³-hybridized carbons (Fsp3) is 0.154. The van der Waals surface area contributed by atoms with E-state index in [0.717, 1.165) is 20.2 Å². The van der Waals surface area contributed by atoms with Crippen molar-refractivity contribution in [2.75, 3.05) is 11.1 Å². The molecule has 19 heavy (non-hydrogen) atoms. The molecular formula is C13H11BrClNOS2. The molecule has 0 aliphatic rings. The zero-order valence-electron chi connectivity index (χ0n) is 9.86. The number of nitrogens with one attached hydrogen (secondary N) is 1. The smallest absolute Gasteiger partial charge is 0.234 e. The molecule has 0 spiro atoms. The third-order valence-electron chi connectivity index (χ3n) is 2.21. The Bertz CT molecular complexity index is 573. The molecule has 0 radical (unpaired) electrons. The lowest BCUT2D eigenvalue weighted by atomic mass is 10.3. The van der Waals surface area contributed by atoms with Crippen LogP contribution in [0.25, 0.3) is 0 Å². The van der Waals surface area contributed by atoms with Gasteiger partial charge in [0.15, 0.2) is 0 Å². The van der Waals surface area contributed by atoms with Gasteiger partial charge >= 0.3 is 0 Å². The molecule has 1 N–H and O–H groups in total. The number of carbonyl (C=O) groups is 1. The van der Waals surface area contributed by atoms with Gasteiger partial charge in [-0.3, -0.25) is 4.79 Å². The highest BCUT2D eigenvalue weighted by Gasteiger charge is 2.04. The third kappa shape index (κ3) is 5.18. The molecule has 0 aliphatic heterocycles. The lowest BCUT2D eigenvalue weighted by molar-refractivity contribution is -0.113. The van der Waals surface area contributed by atoms with Crippen LogP contribution >= 0.6 is 50.6 Å². The van der Waals surface area contributed by atoms with Gasteiger partial charge in [0, 0.05) is 20.8 Å². The van der Waals surface area contributed by atoms with E-state index in [2.05, 4.69) is 21.2 Å². The van der Waals surface area contributed by atoms with Crippen molar-refractivity contribution in [3.8, 4) is 0 Å². The molecule has 100 valence electrons. The van der Waals surface area contributed by atoms with Crippen LogP contribution in [0.2, 0.25) is 4.34 Å². The molecule has 2 nitrogen and oxygen atoms in total. The Morgan fingerprint density at radius 2 is 2.21 bits per heavy atom. The minimum Gasteiger partial charge on any atom is -0.325 e. The summed E-state index contributed by atoms with van der Waals surface area (Å²) in [5.41, 5.74) is 0.805. The highest BCUT2D eigenvalue weighted by molar-refractivity contribution is 9.10. The Morgan fingerprint density at radius 3 is 2.89 bits per heavy atom. The summed E-state index contributed by atoms with van der Waals surface area (Å²) in [5.74, 6) is 1.25. The fourth-order valence-electron chi connectivity index (χ4n) is 1.44. The zero-order chi connectivity index (χ0) is 13.7. The topological polar surface area (TPSA) is 29.1 Å². The van der Waals surface area contributed by atoms with Crippen molar-refractivity contribution in [1.82, 2.24) is 0 Å². The summed E-state index contributed by atoms with van der Waals surface area (Å²) in [5, 5.41) is 2.86. The summed E-state index contributed by atoms with van der Waals surface area (Å²) in [6.45, 7) is 0. The molecule has 1 amide bonds. The van der Waals surface area contributed by atoms with E-state index in [1.165, 1.54) is 4.88 Å². The summed E-state index contributed by atoms with van der Waals surface area (Å²) in [6.07, 6.45) is 0. The third-order valence-corrected chi connectivity index (χ3v) is 5.10. The van der Waals surface area contributed by atoms with Crippen LogP contribution in [0.4, 0.5) is 5.69 Å². The van der Waals surface area contributed by atoms with E-state index in [0.29, 0.717) is 5.75 Å². The maximum atomic E-state index is 11.7. The second-order valence-electron chi connectivity index (χ2n) is 3.76. The average molecular weight is 377 g/mol. The van der Waals surface area contributed by atoms with E-state index in [-0.39, 0.29) is 5.91 Å². The summed E-state index contributed by atoms with van der Waals surface area (Å²) in [6, 6.07) is 11.4. The van der Waals surface area contributed by atoms with E-state index in [1.807, 2.05) is 36.4 Å². The molecule has 0 bridgehead atoms. The minimum atomic E-state index is 0.00533. The van der Waals surface area contributed by atoms with Crippen molar-refractivity contribution >= 4 is 62.2 Å². The van der Waals surface area contributed by atoms with Gasteiger partial charge in [0.2, 0.25) is 5.91 Å². The second-order valence-corrected chi connectivity index (χ2v) is 7.46. The van der Waals surface area contributed by atoms with Crippen molar-refractivity contribution in [3.63, 3.8) is 0 Å². The molecular weight excluding hydrogens is 366 g/mol. The zero-order valence-corrected chi connectivity index (χ0v) is 13.8. The molecule has 2 aromatic rings. The van der Waals surface area contributed by atoms with Crippen LogP contribution in [0, 0.1) is 0 Å². The van der Waals surface area contributed by atoms with Gasteiger partial charge in [-0.15, -0.1) is 23.1 Å². The summed E-state index contributed by atoms with van der Waals surface area (Å²) >= 11 is 12.4. The first-order chi connectivity index (χ1) is 9.13. The lowest BCUT2D eigenvalue weighted by Gasteiger charge is -2.05. The highest BCUT2D eigenvalue weighted by atomic mass is 79.9. The molecule has 0 aliphatic carbocycles. The maximum Gasteiger partial charge on any atom is 0.234 e. The van der Waals surface area contributed by atoms with Crippen molar-refractivity contribution in [2.24, 2.45) is 0 Å². The average Bonchev–Trinajstić information content (AvgIpc) is 2.75. The van der Waals surface area contributed by atoms with Gasteiger partial charge in [-0.25, -0.2) is 0 Å². The van der Waals surface area contributed by atoms with Crippen molar-refractivity contribution in [2.45, 2.75) is 5.75 Å². The van der Waals surface area contributed by atoms with Gasteiger partial charge in [0.1, 0.15) is 0 Å². The Morgan fingerprint density at radius 1 is 1.37 bits per heavy atom. The van der Waals surface area contributed by atoms with Gasteiger partial charge in [0.05, 0.1) is 10.1 Å². The number of benzene rings is 1. The van der Waals surface area contributed by atoms with Crippen molar-refractivity contribution < 1.29 is 4.79 Å². The van der Waals surface area contributed by atoms with Gasteiger partial charge in [-0.2, -0.15) is 0 Å². The number of amides is 1. The first kappa shape index (κ1) is 14.9. The largest absolute Gasteiger partial charge is 0.325 e. The molecule has 1 aromatic heterocycles. The molecule has 1 aromatic carbocycles. The molecule has 0 unspecified atom stereocenters. The van der Waals surface area contributed by atoms with Crippen LogP contribution in [0.5, 0.6) is 0 Å². The van der Waals surface area contributed by atoms with E-state index in [9.17, 15) is 4.79 Å². The molecule has 0 fully saturated rings. The molecule has 0 saturated carbocycles. The van der Waals surface area contributed by atoms with Crippen LogP contribution in [-0.4, -0.2) is 11.7 Å². The fourth-order valence-corrected chi connectivity index (χ4v) is 3.86. The van der Waals surface area contributed by atoms with E-state index in [4.69, 9.17) is 11.6 Å². The number of rotatable bonds is 5. The number of thioether (sulfide) groups is 1. The van der Waals surface area contributed by atoms with E-state index in [1.54, 1.807) is 23.1 Å². The molecule has 2 rings (SSSR count). The SMILES string of the molecule is O=C(CSCc1ccc(Cl)s1)Nc1cccc(Br)c1. The van der Waals surface area contributed by atoms with Crippen molar-refractivity contribution in [1.29, 1.82) is 0 Å². The first-order valence-electron chi connectivity index (χ1n) is 5.51. The van der Waals surface area contributed by atoms with Crippen molar-refractivity contribution in [3.05, 3.63) is 50.1 Å². The Labute approximate surface area is 133 Å². The summed E-state index contributed by atoms with van der Waals surface area (Å²) in [7, 11) is 0. The first-order valence-corrected chi connectivity index (χ1v) is 8.65. The van der Waals surface area contributed by atoms with Crippen LogP contribution < -0.4 is 5.32 Å². The number of halogens is 2. The number of anilines is 1. The number of thiophene rings is 1. The molecule has 0 saturated heterocycles. The molecule has 0 atom stereocenters. The van der Waals surface area contributed by atoms with E-state index >= 15 is 0 Å². The minimum absolute atomic E-state index is 0.00533.